The zero-order valence-corrected chi connectivity index (χ0v) is 9.93. The average Bonchev–Trinajstić information content (AvgIpc) is 2.83. The largest absolute Gasteiger partial charge is 0.497 e. The first-order chi connectivity index (χ1) is 8.65. The number of carboxylic acid groups (broad SMARTS) is 1. The number of oxazole rings is 1. The molecule has 0 saturated carbocycles. The van der Waals surface area contributed by atoms with Gasteiger partial charge in [0, 0.05) is 12.6 Å². The van der Waals surface area contributed by atoms with Gasteiger partial charge in [-0.3, -0.25) is 0 Å². The molecule has 0 bridgehead atoms. The zero-order chi connectivity index (χ0) is 13.1. The molecule has 6 nitrogen and oxygen atoms in total. The summed E-state index contributed by atoms with van der Waals surface area (Å²) >= 11 is 0. The van der Waals surface area contributed by atoms with Crippen molar-refractivity contribution in [1.29, 1.82) is 0 Å². The van der Waals surface area contributed by atoms with Crippen LogP contribution in [0.5, 0.6) is 5.75 Å². The van der Waals surface area contributed by atoms with Crippen molar-refractivity contribution in [3.8, 4) is 17.0 Å². The molecule has 0 fully saturated rings. The van der Waals surface area contributed by atoms with Crippen LogP contribution in [0, 0.1) is 0 Å². The highest BCUT2D eigenvalue weighted by atomic mass is 16.5. The van der Waals surface area contributed by atoms with E-state index < -0.39 is 5.97 Å². The Morgan fingerprint density at radius 3 is 2.56 bits per heavy atom. The molecule has 0 atom stereocenters. The van der Waals surface area contributed by atoms with Crippen LogP contribution in [0.15, 0.2) is 28.7 Å². The van der Waals surface area contributed by atoms with Gasteiger partial charge in [-0.15, -0.1) is 0 Å². The Labute approximate surface area is 103 Å². The quantitative estimate of drug-likeness (QED) is 0.861. The second-order valence-corrected chi connectivity index (χ2v) is 3.48. The molecule has 0 saturated heterocycles. The van der Waals surface area contributed by atoms with Crippen molar-refractivity contribution in [2.24, 2.45) is 0 Å². The fourth-order valence-electron chi connectivity index (χ4n) is 1.52. The van der Waals surface area contributed by atoms with Gasteiger partial charge < -0.3 is 19.6 Å². The van der Waals surface area contributed by atoms with E-state index in [1.54, 1.807) is 38.4 Å². The monoisotopic (exact) mass is 248 g/mol. The van der Waals surface area contributed by atoms with Gasteiger partial charge in [-0.05, 0) is 24.3 Å². The molecule has 0 amide bonds. The number of benzene rings is 1. The molecule has 1 heterocycles. The van der Waals surface area contributed by atoms with Crippen LogP contribution in [0.3, 0.4) is 0 Å². The van der Waals surface area contributed by atoms with Gasteiger partial charge in [0.2, 0.25) is 5.76 Å². The molecular formula is C12H12N2O4. The van der Waals surface area contributed by atoms with Crippen molar-refractivity contribution in [1.82, 2.24) is 4.98 Å². The fraction of sp³-hybridized carbons (Fsp3) is 0.167. The summed E-state index contributed by atoms with van der Waals surface area (Å²) in [6.07, 6.45) is 0. The van der Waals surface area contributed by atoms with E-state index in [1.165, 1.54) is 0 Å². The van der Waals surface area contributed by atoms with E-state index >= 15 is 0 Å². The summed E-state index contributed by atoms with van der Waals surface area (Å²) in [5.74, 6) is -0.660. The lowest BCUT2D eigenvalue weighted by molar-refractivity contribution is 0.0665. The third kappa shape index (κ3) is 2.13. The van der Waals surface area contributed by atoms with Crippen LogP contribution in [0.25, 0.3) is 11.3 Å². The lowest BCUT2D eigenvalue weighted by Gasteiger charge is -2.00. The predicted octanol–water partition coefficient (Wildman–Crippen LogP) is 2.09. The van der Waals surface area contributed by atoms with Crippen molar-refractivity contribution >= 4 is 12.0 Å². The Morgan fingerprint density at radius 2 is 2.06 bits per heavy atom. The molecular weight excluding hydrogens is 236 g/mol. The number of ether oxygens (including phenoxy) is 1. The van der Waals surface area contributed by atoms with Crippen LogP contribution in [-0.4, -0.2) is 30.2 Å². The van der Waals surface area contributed by atoms with Crippen molar-refractivity contribution in [2.75, 3.05) is 19.5 Å². The van der Waals surface area contributed by atoms with Crippen LogP contribution in [0.1, 0.15) is 10.6 Å². The van der Waals surface area contributed by atoms with E-state index in [9.17, 15) is 4.79 Å². The van der Waals surface area contributed by atoms with Gasteiger partial charge in [0.05, 0.1) is 7.11 Å². The molecule has 2 aromatic rings. The third-order valence-electron chi connectivity index (χ3n) is 2.40. The molecule has 0 unspecified atom stereocenters. The summed E-state index contributed by atoms with van der Waals surface area (Å²) in [6.45, 7) is 0. The summed E-state index contributed by atoms with van der Waals surface area (Å²) < 4.78 is 10.1. The van der Waals surface area contributed by atoms with Crippen LogP contribution in [0.2, 0.25) is 0 Å². The first-order valence-corrected chi connectivity index (χ1v) is 5.22. The maximum atomic E-state index is 11.1. The zero-order valence-electron chi connectivity index (χ0n) is 9.93. The van der Waals surface area contributed by atoms with E-state index in [0.717, 1.165) is 0 Å². The third-order valence-corrected chi connectivity index (χ3v) is 2.40. The second-order valence-electron chi connectivity index (χ2n) is 3.48. The first kappa shape index (κ1) is 12.0. The van der Waals surface area contributed by atoms with Gasteiger partial charge >= 0.3 is 5.97 Å². The number of methoxy groups -OCH3 is 1. The number of aromatic nitrogens is 1. The molecule has 1 aromatic heterocycles. The molecule has 0 spiro atoms. The number of rotatable bonds is 4. The molecule has 0 aliphatic rings. The number of hydrogen-bond donors (Lipinski definition) is 2. The van der Waals surface area contributed by atoms with Crippen molar-refractivity contribution in [3.63, 3.8) is 0 Å². The summed E-state index contributed by atoms with van der Waals surface area (Å²) in [4.78, 5) is 15.1. The van der Waals surface area contributed by atoms with Gasteiger partial charge in [0.15, 0.2) is 0 Å². The summed E-state index contributed by atoms with van der Waals surface area (Å²) in [7, 11) is 3.17. The minimum absolute atomic E-state index is 0.165. The molecule has 6 heteroatoms. The number of nitrogens with one attached hydrogen (secondary N) is 1. The van der Waals surface area contributed by atoms with Gasteiger partial charge in [0.1, 0.15) is 11.4 Å². The average molecular weight is 248 g/mol. The number of carbonyl (C=O) groups is 1. The lowest BCUT2D eigenvalue weighted by Crippen LogP contribution is -1.96. The smallest absolute Gasteiger partial charge is 0.374 e. The predicted molar refractivity (Wildman–Crippen MR) is 65.0 cm³/mol. The summed E-state index contributed by atoms with van der Waals surface area (Å²) in [6, 6.07) is 7.08. The van der Waals surface area contributed by atoms with Gasteiger partial charge in [0.25, 0.3) is 6.01 Å². The Morgan fingerprint density at radius 1 is 1.39 bits per heavy atom. The number of hydrogen-bond acceptors (Lipinski definition) is 5. The van der Waals surface area contributed by atoms with Crippen LogP contribution in [-0.2, 0) is 0 Å². The lowest BCUT2D eigenvalue weighted by atomic mass is 10.1. The summed E-state index contributed by atoms with van der Waals surface area (Å²) in [5.41, 5.74) is 0.938. The van der Waals surface area contributed by atoms with E-state index in [4.69, 9.17) is 14.3 Å². The minimum atomic E-state index is -1.16. The van der Waals surface area contributed by atoms with E-state index in [1.807, 2.05) is 0 Å². The molecule has 1 aromatic carbocycles. The Bertz CT molecular complexity index is 560. The second kappa shape index (κ2) is 4.79. The van der Waals surface area contributed by atoms with E-state index in [-0.39, 0.29) is 17.5 Å². The minimum Gasteiger partial charge on any atom is -0.497 e. The maximum Gasteiger partial charge on any atom is 0.374 e. The Balaban J connectivity index is 2.47. The molecule has 0 aliphatic carbocycles. The topological polar surface area (TPSA) is 84.6 Å². The van der Waals surface area contributed by atoms with Crippen LogP contribution in [0.4, 0.5) is 6.01 Å². The molecule has 0 radical (unpaired) electrons. The Kier molecular flexibility index (Phi) is 3.18. The molecule has 94 valence electrons. The normalized spacial score (nSPS) is 10.1. The Hall–Kier alpha value is -2.50. The molecule has 18 heavy (non-hydrogen) atoms. The number of carboxylic acids is 1. The summed E-state index contributed by atoms with van der Waals surface area (Å²) in [5, 5.41) is 11.7. The maximum absolute atomic E-state index is 11.1. The molecule has 0 aliphatic heterocycles. The van der Waals surface area contributed by atoms with Crippen LogP contribution >= 0.6 is 0 Å². The van der Waals surface area contributed by atoms with Crippen LogP contribution < -0.4 is 10.1 Å². The van der Waals surface area contributed by atoms with E-state index in [0.29, 0.717) is 11.3 Å². The fourth-order valence-corrected chi connectivity index (χ4v) is 1.52. The highest BCUT2D eigenvalue weighted by Gasteiger charge is 2.20. The first-order valence-electron chi connectivity index (χ1n) is 5.22. The van der Waals surface area contributed by atoms with Crippen molar-refractivity contribution in [2.45, 2.75) is 0 Å². The highest BCUT2D eigenvalue weighted by Crippen LogP contribution is 2.27. The SMILES string of the molecule is CNc1nc(-c2ccc(OC)cc2)c(C(=O)O)o1. The highest BCUT2D eigenvalue weighted by molar-refractivity contribution is 5.92. The molecule has 2 N–H and O–H groups in total. The van der Waals surface area contributed by atoms with Gasteiger partial charge in [-0.25, -0.2) is 4.79 Å². The standard InChI is InChI=1S/C12H12N2O4/c1-13-12-14-9(10(18-12)11(15)16)7-3-5-8(17-2)6-4-7/h3-6H,1-2H3,(H,13,14)(H,15,16). The van der Waals surface area contributed by atoms with Gasteiger partial charge in [-0.1, -0.05) is 0 Å². The van der Waals surface area contributed by atoms with Gasteiger partial charge in [-0.2, -0.15) is 4.98 Å². The van der Waals surface area contributed by atoms with Crippen molar-refractivity contribution in [3.05, 3.63) is 30.0 Å². The van der Waals surface area contributed by atoms with E-state index in [2.05, 4.69) is 10.3 Å². The number of aromatic carboxylic acids is 1. The number of anilines is 1. The van der Waals surface area contributed by atoms with Crippen molar-refractivity contribution < 1.29 is 19.1 Å². The number of nitrogens with zero attached hydrogens (tertiary/aromatic N) is 1. The molecule has 2 rings (SSSR count).